The lowest BCUT2D eigenvalue weighted by Gasteiger charge is -2.25. The van der Waals surface area contributed by atoms with Gasteiger partial charge in [-0.3, -0.25) is 0 Å². The van der Waals surface area contributed by atoms with Crippen LogP contribution in [0, 0.1) is 0 Å². The first-order valence-corrected chi connectivity index (χ1v) is 3.98. The zero-order valence-electron chi connectivity index (χ0n) is 7.45. The van der Waals surface area contributed by atoms with E-state index in [1.807, 2.05) is 6.07 Å². The highest BCUT2D eigenvalue weighted by molar-refractivity contribution is 5.08. The third kappa shape index (κ3) is 2.36. The molecule has 68 valence electrons. The first kappa shape index (κ1) is 9.29. The number of furan rings is 1. The van der Waals surface area contributed by atoms with Gasteiger partial charge in [0.2, 0.25) is 0 Å². The Morgan fingerprint density at radius 1 is 1.67 bits per heavy atom. The summed E-state index contributed by atoms with van der Waals surface area (Å²) >= 11 is 0. The Morgan fingerprint density at radius 3 is 2.75 bits per heavy atom. The van der Waals surface area contributed by atoms with E-state index in [4.69, 9.17) is 10.2 Å². The van der Waals surface area contributed by atoms with Crippen molar-refractivity contribution < 1.29 is 9.52 Å². The molecule has 3 N–H and O–H groups in total. The fourth-order valence-corrected chi connectivity index (χ4v) is 0.895. The molecule has 0 aliphatic heterocycles. The molecule has 0 bridgehead atoms. The molecular weight excluding hydrogens is 154 g/mol. The van der Waals surface area contributed by atoms with Crippen molar-refractivity contribution in [2.45, 2.75) is 31.9 Å². The van der Waals surface area contributed by atoms with Gasteiger partial charge in [-0.25, -0.2) is 0 Å². The molecule has 1 unspecified atom stereocenters. The lowest BCUT2D eigenvalue weighted by Crippen LogP contribution is -2.46. The zero-order valence-corrected chi connectivity index (χ0v) is 7.45. The van der Waals surface area contributed by atoms with Crippen LogP contribution in [-0.4, -0.2) is 16.7 Å². The summed E-state index contributed by atoms with van der Waals surface area (Å²) < 4.78 is 4.88. The normalized spacial score (nSPS) is 14.7. The Balaban J connectivity index is 2.53. The van der Waals surface area contributed by atoms with Crippen LogP contribution in [0.2, 0.25) is 0 Å². The molecule has 1 aromatic rings. The first-order valence-electron chi connectivity index (χ1n) is 3.98. The molecular formula is C9H15NO2. The summed E-state index contributed by atoms with van der Waals surface area (Å²) in [5.74, 6) is 0. The number of hydrogen-bond donors (Lipinski definition) is 2. The van der Waals surface area contributed by atoms with Crippen LogP contribution in [0.3, 0.4) is 0 Å². The van der Waals surface area contributed by atoms with Gasteiger partial charge in [0.15, 0.2) is 0 Å². The molecule has 0 aliphatic rings. The van der Waals surface area contributed by atoms with Crippen molar-refractivity contribution >= 4 is 0 Å². The Bertz CT molecular complexity index is 223. The quantitative estimate of drug-likeness (QED) is 0.707. The van der Waals surface area contributed by atoms with Gasteiger partial charge in [0.1, 0.15) is 0 Å². The molecule has 0 amide bonds. The maximum Gasteiger partial charge on any atom is 0.0935 e. The van der Waals surface area contributed by atoms with E-state index in [0.717, 1.165) is 5.56 Å². The molecule has 0 spiro atoms. The summed E-state index contributed by atoms with van der Waals surface area (Å²) in [6, 6.07) is 1.83. The highest BCUT2D eigenvalue weighted by Gasteiger charge is 2.22. The zero-order chi connectivity index (χ0) is 9.19. The minimum Gasteiger partial charge on any atom is -0.472 e. The van der Waals surface area contributed by atoms with Crippen molar-refractivity contribution in [1.29, 1.82) is 0 Å². The van der Waals surface area contributed by atoms with E-state index in [1.54, 1.807) is 26.4 Å². The van der Waals surface area contributed by atoms with E-state index in [2.05, 4.69) is 0 Å². The number of aliphatic hydroxyl groups excluding tert-OH is 1. The van der Waals surface area contributed by atoms with Crippen molar-refractivity contribution in [2.24, 2.45) is 5.73 Å². The summed E-state index contributed by atoms with van der Waals surface area (Å²) in [7, 11) is 0. The van der Waals surface area contributed by atoms with Gasteiger partial charge < -0.3 is 15.3 Å². The number of aliphatic hydroxyl groups is 1. The molecule has 1 aromatic heterocycles. The second-order valence-electron chi connectivity index (χ2n) is 3.67. The SMILES string of the molecule is CC(C)(N)C(O)Cc1ccoc1. The number of rotatable bonds is 3. The Morgan fingerprint density at radius 2 is 2.33 bits per heavy atom. The number of hydrogen-bond acceptors (Lipinski definition) is 3. The van der Waals surface area contributed by atoms with E-state index < -0.39 is 11.6 Å². The van der Waals surface area contributed by atoms with Crippen LogP contribution in [0.5, 0.6) is 0 Å². The van der Waals surface area contributed by atoms with Crippen LogP contribution in [0.15, 0.2) is 23.0 Å². The average Bonchev–Trinajstić information content (AvgIpc) is 2.37. The molecule has 3 nitrogen and oxygen atoms in total. The van der Waals surface area contributed by atoms with Gasteiger partial charge in [-0.15, -0.1) is 0 Å². The Labute approximate surface area is 72.2 Å². The molecule has 0 aromatic carbocycles. The fourth-order valence-electron chi connectivity index (χ4n) is 0.895. The minimum absolute atomic E-state index is 0.532. The summed E-state index contributed by atoms with van der Waals surface area (Å²) in [4.78, 5) is 0. The molecule has 1 rings (SSSR count). The maximum atomic E-state index is 9.59. The molecule has 0 fully saturated rings. The lowest BCUT2D eigenvalue weighted by molar-refractivity contribution is 0.104. The Hall–Kier alpha value is -0.800. The highest BCUT2D eigenvalue weighted by Crippen LogP contribution is 2.11. The van der Waals surface area contributed by atoms with Crippen molar-refractivity contribution in [3.63, 3.8) is 0 Å². The fraction of sp³-hybridized carbons (Fsp3) is 0.556. The van der Waals surface area contributed by atoms with Crippen molar-refractivity contribution in [3.8, 4) is 0 Å². The van der Waals surface area contributed by atoms with E-state index >= 15 is 0 Å². The van der Waals surface area contributed by atoms with Crippen LogP contribution < -0.4 is 5.73 Å². The Kier molecular flexibility index (Phi) is 2.55. The van der Waals surface area contributed by atoms with Crippen LogP contribution in [-0.2, 0) is 6.42 Å². The summed E-state index contributed by atoms with van der Waals surface area (Å²) in [5.41, 5.74) is 6.13. The van der Waals surface area contributed by atoms with Crippen LogP contribution >= 0.6 is 0 Å². The molecule has 0 radical (unpaired) electrons. The molecule has 0 saturated heterocycles. The molecule has 0 aliphatic carbocycles. The van der Waals surface area contributed by atoms with Gasteiger partial charge in [0.05, 0.1) is 18.6 Å². The third-order valence-corrected chi connectivity index (χ3v) is 1.87. The minimum atomic E-state index is -0.558. The molecule has 3 heteroatoms. The largest absolute Gasteiger partial charge is 0.472 e. The molecule has 0 saturated carbocycles. The highest BCUT2D eigenvalue weighted by atomic mass is 16.3. The standard InChI is InChI=1S/C9H15NO2/c1-9(2,10)8(11)5-7-3-4-12-6-7/h3-4,6,8,11H,5,10H2,1-2H3. The summed E-state index contributed by atoms with van der Waals surface area (Å²) in [6.45, 7) is 3.61. The molecule has 1 atom stereocenters. The number of nitrogens with two attached hydrogens (primary N) is 1. The van der Waals surface area contributed by atoms with Crippen molar-refractivity contribution in [1.82, 2.24) is 0 Å². The van der Waals surface area contributed by atoms with E-state index in [9.17, 15) is 5.11 Å². The van der Waals surface area contributed by atoms with Crippen LogP contribution in [0.1, 0.15) is 19.4 Å². The van der Waals surface area contributed by atoms with Gasteiger partial charge >= 0.3 is 0 Å². The summed E-state index contributed by atoms with van der Waals surface area (Å²) in [5, 5.41) is 9.59. The predicted octanol–water partition coefficient (Wildman–Crippen LogP) is 0.920. The van der Waals surface area contributed by atoms with Gasteiger partial charge in [0, 0.05) is 12.0 Å². The second kappa shape index (κ2) is 3.29. The van der Waals surface area contributed by atoms with E-state index in [-0.39, 0.29) is 0 Å². The van der Waals surface area contributed by atoms with Crippen molar-refractivity contribution in [2.75, 3.05) is 0 Å². The summed E-state index contributed by atoms with van der Waals surface area (Å²) in [6.07, 6.45) is 3.22. The third-order valence-electron chi connectivity index (χ3n) is 1.87. The van der Waals surface area contributed by atoms with Gasteiger partial charge in [0.25, 0.3) is 0 Å². The van der Waals surface area contributed by atoms with E-state index in [1.165, 1.54) is 0 Å². The maximum absolute atomic E-state index is 9.59. The second-order valence-corrected chi connectivity index (χ2v) is 3.67. The van der Waals surface area contributed by atoms with Crippen LogP contribution in [0.4, 0.5) is 0 Å². The lowest BCUT2D eigenvalue weighted by atomic mass is 9.94. The topological polar surface area (TPSA) is 59.4 Å². The molecule has 12 heavy (non-hydrogen) atoms. The van der Waals surface area contributed by atoms with Gasteiger partial charge in [-0.2, -0.15) is 0 Å². The predicted molar refractivity (Wildman–Crippen MR) is 46.7 cm³/mol. The van der Waals surface area contributed by atoms with Crippen molar-refractivity contribution in [3.05, 3.63) is 24.2 Å². The molecule has 1 heterocycles. The first-order chi connectivity index (χ1) is 5.50. The van der Waals surface area contributed by atoms with E-state index in [0.29, 0.717) is 6.42 Å². The average molecular weight is 169 g/mol. The van der Waals surface area contributed by atoms with Crippen LogP contribution in [0.25, 0.3) is 0 Å². The monoisotopic (exact) mass is 169 g/mol. The smallest absolute Gasteiger partial charge is 0.0935 e. The van der Waals surface area contributed by atoms with Gasteiger partial charge in [-0.1, -0.05) is 0 Å². The van der Waals surface area contributed by atoms with Gasteiger partial charge in [-0.05, 0) is 25.5 Å².